The third-order valence-electron chi connectivity index (χ3n) is 2.98. The van der Waals surface area contributed by atoms with Gasteiger partial charge >= 0.3 is 5.97 Å². The van der Waals surface area contributed by atoms with Crippen molar-refractivity contribution in [1.29, 1.82) is 0 Å². The van der Waals surface area contributed by atoms with Crippen LogP contribution in [0.5, 0.6) is 0 Å². The number of rotatable bonds is 4. The van der Waals surface area contributed by atoms with Gasteiger partial charge in [-0.15, -0.1) is 0 Å². The summed E-state index contributed by atoms with van der Waals surface area (Å²) in [6.07, 6.45) is 0.739. The van der Waals surface area contributed by atoms with Crippen LogP contribution in [0.15, 0.2) is 28.7 Å². The van der Waals surface area contributed by atoms with Crippen molar-refractivity contribution in [1.82, 2.24) is 9.78 Å². The molecule has 110 valence electrons. The zero-order valence-corrected chi connectivity index (χ0v) is 13.1. The van der Waals surface area contributed by atoms with E-state index >= 15 is 0 Å². The van der Waals surface area contributed by atoms with Crippen molar-refractivity contribution in [2.45, 2.75) is 13.3 Å². The van der Waals surface area contributed by atoms with E-state index in [0.29, 0.717) is 15.9 Å². The molecule has 0 bridgehead atoms. The van der Waals surface area contributed by atoms with Crippen molar-refractivity contribution in [2.24, 2.45) is 7.05 Å². The summed E-state index contributed by atoms with van der Waals surface area (Å²) in [7, 11) is 1.69. The monoisotopic (exact) mass is 351 g/mol. The van der Waals surface area contributed by atoms with E-state index < -0.39 is 5.97 Å². The van der Waals surface area contributed by atoms with Crippen LogP contribution >= 0.6 is 15.9 Å². The first kappa shape index (κ1) is 15.2. The van der Waals surface area contributed by atoms with Crippen LogP contribution in [0.2, 0.25) is 0 Å². The van der Waals surface area contributed by atoms with Crippen LogP contribution in [-0.4, -0.2) is 26.8 Å². The fraction of sp³-hybridized carbons (Fsp3) is 0.214. The Morgan fingerprint density at radius 1 is 1.38 bits per heavy atom. The molecular weight excluding hydrogens is 338 g/mol. The first-order valence-corrected chi connectivity index (χ1v) is 7.08. The third kappa shape index (κ3) is 3.30. The minimum atomic E-state index is -1.06. The van der Waals surface area contributed by atoms with Crippen molar-refractivity contribution in [2.75, 3.05) is 5.32 Å². The summed E-state index contributed by atoms with van der Waals surface area (Å²) < 4.78 is 1.97. The summed E-state index contributed by atoms with van der Waals surface area (Å²) in [4.78, 5) is 23.3. The fourth-order valence-electron chi connectivity index (χ4n) is 1.87. The van der Waals surface area contributed by atoms with Gasteiger partial charge < -0.3 is 10.4 Å². The Morgan fingerprint density at radius 2 is 2.10 bits per heavy atom. The van der Waals surface area contributed by atoms with E-state index in [1.165, 1.54) is 10.7 Å². The smallest absolute Gasteiger partial charge is 0.336 e. The highest BCUT2D eigenvalue weighted by molar-refractivity contribution is 9.10. The second kappa shape index (κ2) is 6.09. The lowest BCUT2D eigenvalue weighted by Crippen LogP contribution is -2.16. The van der Waals surface area contributed by atoms with Crippen molar-refractivity contribution in [3.05, 3.63) is 45.7 Å². The minimum Gasteiger partial charge on any atom is -0.478 e. The van der Waals surface area contributed by atoms with Crippen LogP contribution in [0, 0.1) is 0 Å². The molecule has 1 aromatic carbocycles. The topological polar surface area (TPSA) is 84.2 Å². The van der Waals surface area contributed by atoms with Crippen LogP contribution in [0.3, 0.4) is 0 Å². The molecule has 2 rings (SSSR count). The lowest BCUT2D eigenvalue weighted by Gasteiger charge is -2.07. The van der Waals surface area contributed by atoms with E-state index in [4.69, 9.17) is 5.11 Å². The number of carboxylic acid groups (broad SMARTS) is 1. The Hall–Kier alpha value is -2.15. The molecule has 6 nitrogen and oxygen atoms in total. The Bertz CT molecular complexity index is 709. The van der Waals surface area contributed by atoms with Crippen LogP contribution in [0.25, 0.3) is 0 Å². The molecule has 0 unspecified atom stereocenters. The zero-order valence-electron chi connectivity index (χ0n) is 11.6. The number of aromatic nitrogens is 2. The van der Waals surface area contributed by atoms with Gasteiger partial charge in [-0.3, -0.25) is 9.48 Å². The number of nitrogens with zero attached hydrogens (tertiary/aromatic N) is 2. The van der Waals surface area contributed by atoms with Crippen molar-refractivity contribution >= 4 is 33.5 Å². The maximum absolute atomic E-state index is 12.2. The number of carbonyl (C=O) groups excluding carboxylic acids is 1. The number of aryl methyl sites for hydroxylation is 2. The lowest BCUT2D eigenvalue weighted by molar-refractivity contribution is 0.0695. The van der Waals surface area contributed by atoms with Crippen LogP contribution in [0.1, 0.15) is 33.5 Å². The lowest BCUT2D eigenvalue weighted by atomic mass is 10.2. The molecule has 0 atom stereocenters. The predicted molar refractivity (Wildman–Crippen MR) is 81.6 cm³/mol. The average molecular weight is 352 g/mol. The molecule has 7 heteroatoms. The highest BCUT2D eigenvalue weighted by Crippen LogP contribution is 2.21. The normalized spacial score (nSPS) is 10.4. The summed E-state index contributed by atoms with van der Waals surface area (Å²) in [5, 5.41) is 15.9. The number of hydrogen-bond donors (Lipinski definition) is 2. The summed E-state index contributed by atoms with van der Waals surface area (Å²) in [6.45, 7) is 1.96. The van der Waals surface area contributed by atoms with Crippen LogP contribution < -0.4 is 5.32 Å². The maximum Gasteiger partial charge on any atom is 0.336 e. The van der Waals surface area contributed by atoms with Gasteiger partial charge in [0.2, 0.25) is 0 Å². The number of nitrogens with one attached hydrogen (secondary N) is 1. The van der Waals surface area contributed by atoms with Gasteiger partial charge in [0.25, 0.3) is 5.91 Å². The second-order valence-electron chi connectivity index (χ2n) is 4.45. The molecule has 0 aliphatic heterocycles. The van der Waals surface area contributed by atoms with Crippen molar-refractivity contribution in [3.8, 4) is 0 Å². The van der Waals surface area contributed by atoms with E-state index in [1.807, 2.05) is 6.92 Å². The van der Waals surface area contributed by atoms with E-state index in [9.17, 15) is 9.59 Å². The van der Waals surface area contributed by atoms with Gasteiger partial charge in [0.05, 0.1) is 11.3 Å². The van der Waals surface area contributed by atoms with E-state index in [2.05, 4.69) is 26.3 Å². The molecular formula is C14H14BrN3O3. The SMILES string of the molecule is CCc1cc(C(=O)Nc2ccc(Br)c(C(=O)O)c2)n(C)n1. The second-order valence-corrected chi connectivity index (χ2v) is 5.31. The Morgan fingerprint density at radius 3 is 2.67 bits per heavy atom. The van der Waals surface area contributed by atoms with Gasteiger partial charge in [-0.25, -0.2) is 4.79 Å². The Labute approximate surface area is 129 Å². The highest BCUT2D eigenvalue weighted by Gasteiger charge is 2.15. The molecule has 2 N–H and O–H groups in total. The summed E-state index contributed by atoms with van der Waals surface area (Å²) in [5.41, 5.74) is 1.75. The minimum absolute atomic E-state index is 0.0899. The molecule has 0 radical (unpaired) electrons. The molecule has 0 spiro atoms. The fourth-order valence-corrected chi connectivity index (χ4v) is 2.29. The average Bonchev–Trinajstić information content (AvgIpc) is 2.82. The quantitative estimate of drug-likeness (QED) is 0.886. The van der Waals surface area contributed by atoms with Crippen LogP contribution in [0.4, 0.5) is 5.69 Å². The van der Waals surface area contributed by atoms with Gasteiger partial charge in [0, 0.05) is 17.2 Å². The molecule has 0 fully saturated rings. The number of anilines is 1. The number of hydrogen-bond acceptors (Lipinski definition) is 3. The number of carbonyl (C=O) groups is 2. The molecule has 0 saturated carbocycles. The molecule has 0 aliphatic rings. The molecule has 0 saturated heterocycles. The van der Waals surface area contributed by atoms with Gasteiger partial charge in [0.1, 0.15) is 5.69 Å². The number of carboxylic acids is 1. The maximum atomic E-state index is 12.2. The third-order valence-corrected chi connectivity index (χ3v) is 3.67. The first-order valence-electron chi connectivity index (χ1n) is 6.29. The number of benzene rings is 1. The summed E-state index contributed by atoms with van der Waals surface area (Å²) in [6, 6.07) is 6.33. The molecule has 1 heterocycles. The highest BCUT2D eigenvalue weighted by atomic mass is 79.9. The molecule has 21 heavy (non-hydrogen) atoms. The summed E-state index contributed by atoms with van der Waals surface area (Å²) in [5.74, 6) is -1.39. The number of halogens is 1. The first-order chi connectivity index (χ1) is 9.92. The van der Waals surface area contributed by atoms with E-state index in [-0.39, 0.29) is 11.5 Å². The van der Waals surface area contributed by atoms with Gasteiger partial charge in [-0.2, -0.15) is 5.10 Å². The number of aromatic carboxylic acids is 1. The van der Waals surface area contributed by atoms with Crippen molar-refractivity contribution in [3.63, 3.8) is 0 Å². The molecule has 2 aromatic rings. The molecule has 0 aliphatic carbocycles. The van der Waals surface area contributed by atoms with E-state index in [1.54, 1.807) is 25.2 Å². The van der Waals surface area contributed by atoms with Gasteiger partial charge in [-0.05, 0) is 46.6 Å². The molecule has 1 amide bonds. The zero-order chi connectivity index (χ0) is 15.6. The van der Waals surface area contributed by atoms with Gasteiger partial charge in [-0.1, -0.05) is 6.92 Å². The Kier molecular flexibility index (Phi) is 4.42. The predicted octanol–water partition coefficient (Wildman–Crippen LogP) is 2.70. The largest absolute Gasteiger partial charge is 0.478 e. The van der Waals surface area contributed by atoms with E-state index in [0.717, 1.165) is 12.1 Å². The van der Waals surface area contributed by atoms with Gasteiger partial charge in [0.15, 0.2) is 0 Å². The van der Waals surface area contributed by atoms with Crippen LogP contribution in [-0.2, 0) is 13.5 Å². The number of amides is 1. The molecule has 1 aromatic heterocycles. The summed E-state index contributed by atoms with van der Waals surface area (Å²) >= 11 is 3.16. The standard InChI is InChI=1S/C14H14BrN3O3/c1-3-8-7-12(18(2)17-8)13(19)16-9-4-5-11(15)10(6-9)14(20)21/h4-7H,3H2,1-2H3,(H,16,19)(H,20,21). The Balaban J connectivity index is 2.25. The van der Waals surface area contributed by atoms with Crippen molar-refractivity contribution < 1.29 is 14.7 Å².